The van der Waals surface area contributed by atoms with Crippen molar-refractivity contribution < 1.29 is 18.7 Å². The third-order valence-electron chi connectivity index (χ3n) is 5.53. The number of ether oxygens (including phenoxy) is 2. The Morgan fingerprint density at radius 3 is 2.48 bits per heavy atom. The molecular weight excluding hydrogens is 356 g/mol. The molecule has 1 heterocycles. The quantitative estimate of drug-likeness (QED) is 0.194. The third-order valence-corrected chi connectivity index (χ3v) is 10.0. The molecule has 1 rings (SSSR count). The highest BCUT2D eigenvalue weighted by Crippen LogP contribution is 2.38. The van der Waals surface area contributed by atoms with E-state index in [0.717, 1.165) is 31.1 Å². The summed E-state index contributed by atoms with van der Waals surface area (Å²) in [5, 5.41) is 0.0765. The van der Waals surface area contributed by atoms with Gasteiger partial charge in [0.15, 0.2) is 14.6 Å². The Hall–Kier alpha value is -1.17. The van der Waals surface area contributed by atoms with E-state index in [-0.39, 0.29) is 17.2 Å². The maximum absolute atomic E-state index is 11.9. The second kappa shape index (κ2) is 9.85. The number of allylic oxidation sites excluding steroid dienone is 2. The highest BCUT2D eigenvalue weighted by atomic mass is 28.4. The van der Waals surface area contributed by atoms with Crippen molar-refractivity contribution in [3.8, 4) is 0 Å². The first-order valence-electron chi connectivity index (χ1n) is 9.77. The Morgan fingerprint density at radius 1 is 1.37 bits per heavy atom. The number of methoxy groups -OCH3 is 1. The average molecular weight is 395 g/mol. The Labute approximate surface area is 166 Å². The first kappa shape index (κ1) is 23.9. The molecule has 0 aliphatic carbocycles. The van der Waals surface area contributed by atoms with Gasteiger partial charge in [-0.25, -0.2) is 0 Å². The fraction of sp³-hybridized carbons (Fsp3) is 0.682. The van der Waals surface area contributed by atoms with Crippen LogP contribution in [0.25, 0.3) is 0 Å². The minimum Gasteiger partial charge on any atom is -0.497 e. The second-order valence-electron chi connectivity index (χ2n) is 9.04. The summed E-state index contributed by atoms with van der Waals surface area (Å²) in [5.41, 5.74) is 2.07. The molecule has 0 saturated heterocycles. The number of carbonyl (C=O) groups excluding carboxylic acids is 1. The van der Waals surface area contributed by atoms with E-state index in [1.807, 2.05) is 13.0 Å². The summed E-state index contributed by atoms with van der Waals surface area (Å²) >= 11 is 0. The molecule has 0 aromatic carbocycles. The molecule has 0 spiro atoms. The normalized spacial score (nSPS) is 27.6. The van der Waals surface area contributed by atoms with E-state index in [4.69, 9.17) is 13.9 Å². The van der Waals surface area contributed by atoms with Crippen LogP contribution in [-0.4, -0.2) is 40.0 Å². The highest BCUT2D eigenvalue weighted by molar-refractivity contribution is 6.74. The predicted molar refractivity (Wildman–Crippen MR) is 114 cm³/mol. The van der Waals surface area contributed by atoms with E-state index in [0.29, 0.717) is 5.76 Å². The lowest BCUT2D eigenvalue weighted by Crippen LogP contribution is -2.48. The molecule has 154 valence electrons. The van der Waals surface area contributed by atoms with Crippen LogP contribution >= 0.6 is 0 Å². The molecule has 1 aliphatic heterocycles. The van der Waals surface area contributed by atoms with Crippen LogP contribution in [0.4, 0.5) is 0 Å². The van der Waals surface area contributed by atoms with Crippen molar-refractivity contribution in [3.63, 3.8) is 0 Å². The topological polar surface area (TPSA) is 44.8 Å². The monoisotopic (exact) mass is 394 g/mol. The molecule has 27 heavy (non-hydrogen) atoms. The predicted octanol–water partition coefficient (Wildman–Crippen LogP) is 5.57. The summed E-state index contributed by atoms with van der Waals surface area (Å²) in [4.78, 5) is 11.9. The van der Waals surface area contributed by atoms with Crippen molar-refractivity contribution >= 4 is 14.6 Å². The van der Waals surface area contributed by atoms with E-state index < -0.39 is 14.4 Å². The van der Waals surface area contributed by atoms with Crippen molar-refractivity contribution in [2.75, 3.05) is 7.11 Å². The van der Waals surface area contributed by atoms with Gasteiger partial charge in [0.25, 0.3) is 0 Å². The molecule has 0 N–H and O–H groups in total. The zero-order chi connectivity index (χ0) is 20.8. The largest absolute Gasteiger partial charge is 0.497 e. The third kappa shape index (κ3) is 7.05. The van der Waals surface area contributed by atoms with Crippen molar-refractivity contribution in [2.45, 2.75) is 90.3 Å². The summed E-state index contributed by atoms with van der Waals surface area (Å²) in [5.74, 6) is 0.693. The van der Waals surface area contributed by atoms with Crippen LogP contribution in [-0.2, 0) is 18.7 Å². The van der Waals surface area contributed by atoms with E-state index in [9.17, 15) is 4.79 Å². The average Bonchev–Trinajstić information content (AvgIpc) is 2.60. The second-order valence-corrected chi connectivity index (χ2v) is 13.8. The van der Waals surface area contributed by atoms with E-state index in [2.05, 4.69) is 53.4 Å². The van der Waals surface area contributed by atoms with Crippen LogP contribution in [0.3, 0.4) is 0 Å². The minimum absolute atomic E-state index is 0.0765. The molecular formula is C22H38O4Si. The fourth-order valence-electron chi connectivity index (χ4n) is 2.85. The summed E-state index contributed by atoms with van der Waals surface area (Å²) in [6.07, 6.45) is 6.34. The van der Waals surface area contributed by atoms with Gasteiger partial charge in [0.2, 0.25) is 0 Å². The van der Waals surface area contributed by atoms with Crippen molar-refractivity contribution in [2.24, 2.45) is 0 Å². The zero-order valence-corrected chi connectivity index (χ0v) is 19.4. The van der Waals surface area contributed by atoms with Gasteiger partial charge >= 0.3 is 0 Å². The maximum Gasteiger partial charge on any atom is 0.192 e. The molecule has 0 saturated carbocycles. The Balaban J connectivity index is 3.16. The van der Waals surface area contributed by atoms with Gasteiger partial charge in [0.1, 0.15) is 11.9 Å². The zero-order valence-electron chi connectivity index (χ0n) is 18.4. The number of carbonyl (C=O) groups is 1. The lowest BCUT2D eigenvalue weighted by molar-refractivity contribution is -0.128. The van der Waals surface area contributed by atoms with E-state index in [1.165, 1.54) is 5.57 Å². The van der Waals surface area contributed by atoms with Gasteiger partial charge in [0, 0.05) is 0 Å². The molecule has 3 atom stereocenters. The molecule has 5 heteroatoms. The van der Waals surface area contributed by atoms with Crippen LogP contribution < -0.4 is 0 Å². The van der Waals surface area contributed by atoms with Crippen LogP contribution in [0.1, 0.15) is 53.9 Å². The van der Waals surface area contributed by atoms with Crippen LogP contribution in [0.2, 0.25) is 18.1 Å². The van der Waals surface area contributed by atoms with Gasteiger partial charge in [-0.15, -0.1) is 0 Å². The summed E-state index contributed by atoms with van der Waals surface area (Å²) in [6, 6.07) is 0. The molecule has 0 fully saturated rings. The summed E-state index contributed by atoms with van der Waals surface area (Å²) < 4.78 is 18.2. The van der Waals surface area contributed by atoms with Crippen molar-refractivity contribution in [1.29, 1.82) is 0 Å². The molecule has 0 bridgehead atoms. The van der Waals surface area contributed by atoms with Gasteiger partial charge in [-0.05, 0) is 62.9 Å². The van der Waals surface area contributed by atoms with Crippen LogP contribution in [0.5, 0.6) is 0 Å². The summed E-state index contributed by atoms with van der Waals surface area (Å²) in [7, 11) is -0.391. The highest BCUT2D eigenvalue weighted by Gasteiger charge is 2.41. The SMILES string of the molecule is C=C(C)/C(=C/[C@H]1C/C(C)=C\CC[C@@H](O[Si](C)(C)C(C)(C)C)[C@@H](C=O)O1)OC. The van der Waals surface area contributed by atoms with Gasteiger partial charge in [0.05, 0.1) is 19.3 Å². The molecule has 4 nitrogen and oxygen atoms in total. The minimum atomic E-state index is -2.02. The van der Waals surface area contributed by atoms with E-state index in [1.54, 1.807) is 7.11 Å². The molecule has 1 aliphatic rings. The van der Waals surface area contributed by atoms with Gasteiger partial charge in [-0.1, -0.05) is 39.0 Å². The first-order valence-corrected chi connectivity index (χ1v) is 12.7. The Morgan fingerprint density at radius 2 is 2.00 bits per heavy atom. The standard InChI is InChI=1S/C22H38O4Si/c1-16(2)20(24-7)14-18-13-17(3)11-10-12-19(21(15-23)25-18)26-27(8,9)22(4,5)6/h11,14-15,18-19,21H,1,10,12-13H2,2-9H3/b17-11-,20-14-/t18-,19-,21-/m1/s1. The lowest BCUT2D eigenvalue weighted by atomic mass is 10.1. The number of rotatable bonds is 6. The van der Waals surface area contributed by atoms with Crippen molar-refractivity contribution in [3.05, 3.63) is 35.6 Å². The Kier molecular flexibility index (Phi) is 8.71. The molecule has 0 aromatic rings. The number of hydrogen-bond acceptors (Lipinski definition) is 4. The van der Waals surface area contributed by atoms with Crippen LogP contribution in [0.15, 0.2) is 35.6 Å². The first-order chi connectivity index (χ1) is 12.4. The number of hydrogen-bond donors (Lipinski definition) is 0. The van der Waals surface area contributed by atoms with Crippen molar-refractivity contribution in [1.82, 2.24) is 0 Å². The fourth-order valence-corrected chi connectivity index (χ4v) is 4.21. The van der Waals surface area contributed by atoms with Gasteiger partial charge < -0.3 is 18.7 Å². The Bertz CT molecular complexity index is 584. The maximum atomic E-state index is 11.9. The van der Waals surface area contributed by atoms with Crippen LogP contribution in [0, 0.1) is 0 Å². The number of aldehydes is 1. The molecule has 0 radical (unpaired) electrons. The van der Waals surface area contributed by atoms with Gasteiger partial charge in [-0.3, -0.25) is 0 Å². The van der Waals surface area contributed by atoms with E-state index >= 15 is 0 Å². The molecule has 0 aromatic heterocycles. The lowest BCUT2D eigenvalue weighted by Gasteiger charge is -2.40. The molecule has 0 amide bonds. The summed E-state index contributed by atoms with van der Waals surface area (Å²) in [6.45, 7) is 19.0. The molecule has 0 unspecified atom stereocenters. The smallest absolute Gasteiger partial charge is 0.192 e. The van der Waals surface area contributed by atoms with Gasteiger partial charge in [-0.2, -0.15) is 0 Å².